The summed E-state index contributed by atoms with van der Waals surface area (Å²) in [5, 5.41) is 5.28. The Morgan fingerprint density at radius 1 is 1.44 bits per heavy atom. The molecular weight excluding hydrogens is 242 g/mol. The number of thioether (sulfide) groups is 1. The van der Waals surface area contributed by atoms with Crippen molar-refractivity contribution in [1.29, 1.82) is 0 Å². The summed E-state index contributed by atoms with van der Waals surface area (Å²) in [6.07, 6.45) is 5.71. The SMILES string of the molecule is CCc1cccnc1CNC1=NCC(C2CC2)S1. The van der Waals surface area contributed by atoms with Gasteiger partial charge in [0.25, 0.3) is 0 Å². The molecule has 1 aromatic heterocycles. The molecule has 0 aromatic carbocycles. The normalized spacial score (nSPS) is 22.9. The van der Waals surface area contributed by atoms with Gasteiger partial charge in [-0.15, -0.1) is 0 Å². The lowest BCUT2D eigenvalue weighted by Crippen LogP contribution is -2.20. The van der Waals surface area contributed by atoms with Crippen molar-refractivity contribution >= 4 is 16.9 Å². The molecule has 2 aliphatic rings. The van der Waals surface area contributed by atoms with Crippen LogP contribution in [0.2, 0.25) is 0 Å². The van der Waals surface area contributed by atoms with Gasteiger partial charge in [0.2, 0.25) is 0 Å². The molecule has 96 valence electrons. The number of aryl methyl sites for hydroxylation is 1. The lowest BCUT2D eigenvalue weighted by atomic mass is 10.1. The number of aromatic nitrogens is 1. The number of pyridine rings is 1. The van der Waals surface area contributed by atoms with E-state index in [0.29, 0.717) is 0 Å². The molecule has 0 radical (unpaired) electrons. The molecule has 3 rings (SSSR count). The molecule has 0 bridgehead atoms. The first-order valence-electron chi connectivity index (χ1n) is 6.74. The fourth-order valence-electron chi connectivity index (χ4n) is 2.31. The minimum absolute atomic E-state index is 0.738. The predicted octanol–water partition coefficient (Wildman–Crippen LogP) is 2.62. The van der Waals surface area contributed by atoms with Crippen molar-refractivity contribution < 1.29 is 0 Å². The monoisotopic (exact) mass is 261 g/mol. The third kappa shape index (κ3) is 2.69. The second-order valence-electron chi connectivity index (χ2n) is 4.96. The van der Waals surface area contributed by atoms with E-state index in [1.807, 2.05) is 24.0 Å². The number of nitrogens with one attached hydrogen (secondary N) is 1. The summed E-state index contributed by atoms with van der Waals surface area (Å²) in [6.45, 7) is 3.97. The molecule has 1 aliphatic carbocycles. The van der Waals surface area contributed by atoms with Crippen molar-refractivity contribution in [2.24, 2.45) is 10.9 Å². The van der Waals surface area contributed by atoms with Crippen molar-refractivity contribution in [1.82, 2.24) is 10.3 Å². The van der Waals surface area contributed by atoms with E-state index in [1.165, 1.54) is 18.4 Å². The number of hydrogen-bond acceptors (Lipinski definition) is 4. The van der Waals surface area contributed by atoms with Crippen molar-refractivity contribution in [3.63, 3.8) is 0 Å². The Hall–Kier alpha value is -1.03. The number of nitrogens with zero attached hydrogens (tertiary/aromatic N) is 2. The van der Waals surface area contributed by atoms with Gasteiger partial charge in [0, 0.05) is 11.4 Å². The first kappa shape index (κ1) is 12.0. The summed E-state index contributed by atoms with van der Waals surface area (Å²) in [5.74, 6) is 0.930. The molecule has 1 N–H and O–H groups in total. The van der Waals surface area contributed by atoms with Crippen LogP contribution in [-0.4, -0.2) is 21.9 Å². The Kier molecular flexibility index (Phi) is 3.55. The van der Waals surface area contributed by atoms with Gasteiger partial charge in [0.1, 0.15) is 0 Å². The molecule has 0 amide bonds. The highest BCUT2D eigenvalue weighted by molar-refractivity contribution is 8.14. The summed E-state index contributed by atoms with van der Waals surface area (Å²) < 4.78 is 0. The Balaban J connectivity index is 1.55. The zero-order valence-corrected chi connectivity index (χ0v) is 11.5. The second kappa shape index (κ2) is 5.31. The van der Waals surface area contributed by atoms with Crippen molar-refractivity contribution in [3.8, 4) is 0 Å². The van der Waals surface area contributed by atoms with E-state index in [1.54, 1.807) is 0 Å². The van der Waals surface area contributed by atoms with Gasteiger partial charge in [-0.3, -0.25) is 9.98 Å². The van der Waals surface area contributed by atoms with Gasteiger partial charge in [0.05, 0.1) is 18.8 Å². The highest BCUT2D eigenvalue weighted by Gasteiger charge is 2.35. The van der Waals surface area contributed by atoms with E-state index in [-0.39, 0.29) is 0 Å². The molecule has 1 atom stereocenters. The number of hydrogen-bond donors (Lipinski definition) is 1. The summed E-state index contributed by atoms with van der Waals surface area (Å²) in [7, 11) is 0. The lowest BCUT2D eigenvalue weighted by molar-refractivity contribution is 0.771. The molecule has 0 spiro atoms. The quantitative estimate of drug-likeness (QED) is 0.905. The molecule has 1 unspecified atom stereocenters. The van der Waals surface area contributed by atoms with Crippen LogP contribution in [0.25, 0.3) is 0 Å². The van der Waals surface area contributed by atoms with E-state index in [0.717, 1.165) is 41.5 Å². The molecule has 2 heterocycles. The van der Waals surface area contributed by atoms with Crippen LogP contribution in [0, 0.1) is 5.92 Å². The Bertz CT molecular complexity index is 454. The first-order valence-corrected chi connectivity index (χ1v) is 7.62. The Labute approximate surface area is 112 Å². The fourth-order valence-corrected chi connectivity index (χ4v) is 3.52. The third-order valence-corrected chi connectivity index (χ3v) is 4.93. The minimum atomic E-state index is 0.738. The van der Waals surface area contributed by atoms with Gasteiger partial charge in [-0.05, 0) is 36.8 Å². The van der Waals surface area contributed by atoms with E-state index in [2.05, 4.69) is 28.3 Å². The molecule has 1 aliphatic heterocycles. The van der Waals surface area contributed by atoms with Gasteiger partial charge in [0.15, 0.2) is 5.17 Å². The smallest absolute Gasteiger partial charge is 0.157 e. The largest absolute Gasteiger partial charge is 0.359 e. The van der Waals surface area contributed by atoms with Crippen LogP contribution >= 0.6 is 11.8 Å². The molecule has 0 saturated heterocycles. The maximum absolute atomic E-state index is 4.59. The van der Waals surface area contributed by atoms with Crippen LogP contribution in [0.3, 0.4) is 0 Å². The van der Waals surface area contributed by atoms with Crippen LogP contribution in [0.5, 0.6) is 0 Å². The van der Waals surface area contributed by atoms with Gasteiger partial charge in [-0.1, -0.05) is 24.8 Å². The molecule has 18 heavy (non-hydrogen) atoms. The third-order valence-electron chi connectivity index (χ3n) is 3.60. The van der Waals surface area contributed by atoms with Crippen molar-refractivity contribution in [3.05, 3.63) is 29.6 Å². The topological polar surface area (TPSA) is 37.3 Å². The minimum Gasteiger partial charge on any atom is -0.359 e. The van der Waals surface area contributed by atoms with Crippen molar-refractivity contribution in [2.45, 2.75) is 38.0 Å². The predicted molar refractivity (Wildman–Crippen MR) is 76.9 cm³/mol. The molecule has 1 aromatic rings. The zero-order chi connectivity index (χ0) is 12.4. The van der Waals surface area contributed by atoms with Crippen LogP contribution in [0.4, 0.5) is 0 Å². The lowest BCUT2D eigenvalue weighted by Gasteiger charge is -2.09. The highest BCUT2D eigenvalue weighted by Crippen LogP contribution is 2.41. The summed E-state index contributed by atoms with van der Waals surface area (Å²) in [6, 6.07) is 4.16. The molecule has 4 heteroatoms. The van der Waals surface area contributed by atoms with E-state index < -0.39 is 0 Å². The van der Waals surface area contributed by atoms with Crippen molar-refractivity contribution in [2.75, 3.05) is 6.54 Å². The average Bonchev–Trinajstić information content (AvgIpc) is 3.16. The molecule has 3 nitrogen and oxygen atoms in total. The van der Waals surface area contributed by atoms with Crippen LogP contribution in [-0.2, 0) is 13.0 Å². The van der Waals surface area contributed by atoms with Gasteiger partial charge in [-0.2, -0.15) is 0 Å². The maximum Gasteiger partial charge on any atom is 0.157 e. The van der Waals surface area contributed by atoms with Crippen LogP contribution in [0.1, 0.15) is 31.0 Å². The summed E-state index contributed by atoms with van der Waals surface area (Å²) in [5.41, 5.74) is 2.48. The van der Waals surface area contributed by atoms with Gasteiger partial charge < -0.3 is 5.32 Å². The van der Waals surface area contributed by atoms with E-state index >= 15 is 0 Å². The first-order chi connectivity index (χ1) is 8.86. The number of rotatable bonds is 4. The summed E-state index contributed by atoms with van der Waals surface area (Å²) in [4.78, 5) is 9.04. The highest BCUT2D eigenvalue weighted by atomic mass is 32.2. The zero-order valence-electron chi connectivity index (χ0n) is 10.7. The maximum atomic E-state index is 4.59. The number of amidine groups is 1. The Morgan fingerprint density at radius 3 is 3.11 bits per heavy atom. The van der Waals surface area contributed by atoms with E-state index in [9.17, 15) is 0 Å². The molecule has 1 saturated carbocycles. The van der Waals surface area contributed by atoms with E-state index in [4.69, 9.17) is 0 Å². The fraction of sp³-hybridized carbons (Fsp3) is 0.571. The van der Waals surface area contributed by atoms with Gasteiger partial charge in [-0.25, -0.2) is 0 Å². The standard InChI is InChI=1S/C14H19N3S/c1-2-10-4-3-7-15-12(10)8-16-14-17-9-13(18-14)11-5-6-11/h3-4,7,11,13H,2,5-6,8-9H2,1H3,(H,16,17). The van der Waals surface area contributed by atoms with Crippen LogP contribution < -0.4 is 5.32 Å². The number of aliphatic imine (C=N–C) groups is 1. The summed E-state index contributed by atoms with van der Waals surface area (Å²) >= 11 is 1.93. The second-order valence-corrected chi connectivity index (χ2v) is 6.18. The van der Waals surface area contributed by atoms with Crippen LogP contribution in [0.15, 0.2) is 23.3 Å². The molecule has 1 fully saturated rings. The average molecular weight is 261 g/mol. The molecular formula is C14H19N3S. The van der Waals surface area contributed by atoms with Gasteiger partial charge >= 0.3 is 0 Å². The Morgan fingerprint density at radius 2 is 2.33 bits per heavy atom.